The number of hydrogen-bond acceptors (Lipinski definition) is 3. The summed E-state index contributed by atoms with van der Waals surface area (Å²) in [6, 6.07) is 3.11. The predicted octanol–water partition coefficient (Wildman–Crippen LogP) is 1.56. The maximum absolute atomic E-state index is 11.7. The number of amides is 1. The third-order valence-electron chi connectivity index (χ3n) is 3.23. The molecule has 1 spiro atoms. The smallest absolute Gasteiger partial charge is 0.336 e. The molecule has 1 fully saturated rings. The number of hydrogen-bond donors (Lipinski definition) is 2. The van der Waals surface area contributed by atoms with Crippen LogP contribution in [0.1, 0.15) is 28.8 Å². The average molecular weight is 233 g/mol. The number of carboxylic acid groups (broad SMARTS) is 1. The van der Waals surface area contributed by atoms with Crippen LogP contribution >= 0.6 is 0 Å². The lowest BCUT2D eigenvalue weighted by Crippen LogP contribution is -2.39. The highest BCUT2D eigenvalue weighted by Crippen LogP contribution is 2.47. The normalized spacial score (nSPS) is 19.2. The number of carboxylic acids is 1. The zero-order valence-electron chi connectivity index (χ0n) is 9.24. The van der Waals surface area contributed by atoms with Crippen LogP contribution in [0.15, 0.2) is 12.1 Å². The van der Waals surface area contributed by atoms with Gasteiger partial charge in [-0.3, -0.25) is 4.79 Å². The summed E-state index contributed by atoms with van der Waals surface area (Å²) in [5, 5.41) is 11.7. The molecule has 2 aliphatic rings. The summed E-state index contributed by atoms with van der Waals surface area (Å²) >= 11 is 0. The molecule has 1 heterocycles. The van der Waals surface area contributed by atoms with Gasteiger partial charge in [-0.2, -0.15) is 0 Å². The topological polar surface area (TPSA) is 75.6 Å². The van der Waals surface area contributed by atoms with Crippen LogP contribution in [0.4, 0.5) is 5.69 Å². The third kappa shape index (κ3) is 1.39. The van der Waals surface area contributed by atoms with Crippen molar-refractivity contribution in [3.63, 3.8) is 0 Å². The average Bonchev–Trinajstić information content (AvgIpc) is 3.00. The first kappa shape index (κ1) is 10.1. The quantitative estimate of drug-likeness (QED) is 0.771. The maximum Gasteiger partial charge on any atom is 0.336 e. The van der Waals surface area contributed by atoms with Crippen LogP contribution in [0.25, 0.3) is 0 Å². The van der Waals surface area contributed by atoms with E-state index in [-0.39, 0.29) is 11.5 Å². The molecule has 88 valence electrons. The summed E-state index contributed by atoms with van der Waals surface area (Å²) in [6.45, 7) is 1.71. The Balaban J connectivity index is 2.08. The highest BCUT2D eigenvalue weighted by molar-refractivity contribution is 6.04. The Bertz CT molecular complexity index is 546. The molecule has 5 heteroatoms. The van der Waals surface area contributed by atoms with Crippen LogP contribution < -0.4 is 10.1 Å². The van der Waals surface area contributed by atoms with Crippen molar-refractivity contribution in [2.24, 2.45) is 0 Å². The fraction of sp³-hybridized carbons (Fsp3) is 0.333. The van der Waals surface area contributed by atoms with Crippen molar-refractivity contribution in [3.05, 3.63) is 23.3 Å². The molecule has 2 N–H and O–H groups in total. The van der Waals surface area contributed by atoms with Crippen LogP contribution in [0.5, 0.6) is 5.75 Å². The van der Waals surface area contributed by atoms with Crippen molar-refractivity contribution >= 4 is 17.6 Å². The first-order valence-electron chi connectivity index (χ1n) is 5.40. The molecule has 5 nitrogen and oxygen atoms in total. The molecular weight excluding hydrogens is 222 g/mol. The van der Waals surface area contributed by atoms with E-state index in [1.54, 1.807) is 13.0 Å². The minimum absolute atomic E-state index is 0.176. The monoisotopic (exact) mass is 233 g/mol. The molecule has 1 saturated carbocycles. The summed E-state index contributed by atoms with van der Waals surface area (Å²) < 4.78 is 5.65. The Kier molecular flexibility index (Phi) is 1.79. The van der Waals surface area contributed by atoms with Gasteiger partial charge < -0.3 is 15.2 Å². The number of anilines is 1. The lowest BCUT2D eigenvalue weighted by molar-refractivity contribution is -0.125. The molecular formula is C12H11NO4. The van der Waals surface area contributed by atoms with Gasteiger partial charge in [-0.05, 0) is 24.6 Å². The molecule has 1 aromatic rings. The van der Waals surface area contributed by atoms with Crippen molar-refractivity contribution in [3.8, 4) is 5.75 Å². The summed E-state index contributed by atoms with van der Waals surface area (Å²) in [4.78, 5) is 22.7. The molecule has 1 aliphatic heterocycles. The highest BCUT2D eigenvalue weighted by Gasteiger charge is 2.55. The molecule has 0 bridgehead atoms. The van der Waals surface area contributed by atoms with E-state index in [1.807, 2.05) is 0 Å². The predicted molar refractivity (Wildman–Crippen MR) is 59.4 cm³/mol. The molecule has 0 radical (unpaired) electrons. The van der Waals surface area contributed by atoms with Crippen molar-refractivity contribution in [1.29, 1.82) is 0 Å². The van der Waals surface area contributed by atoms with Gasteiger partial charge >= 0.3 is 5.97 Å². The maximum atomic E-state index is 11.7. The SMILES string of the molecule is Cc1cc2c(cc1C(=O)O)NC(=O)C1(CC1)O2. The van der Waals surface area contributed by atoms with Crippen LogP contribution in [0.2, 0.25) is 0 Å². The van der Waals surface area contributed by atoms with E-state index in [0.29, 0.717) is 17.0 Å². The fourth-order valence-corrected chi connectivity index (χ4v) is 2.03. The van der Waals surface area contributed by atoms with Gasteiger partial charge in [0.05, 0.1) is 11.3 Å². The number of carbonyl (C=O) groups excluding carboxylic acids is 1. The summed E-state index contributed by atoms with van der Waals surface area (Å²) in [5.41, 5.74) is 0.558. The van der Waals surface area contributed by atoms with Crippen molar-refractivity contribution < 1.29 is 19.4 Å². The first-order chi connectivity index (χ1) is 8.02. The van der Waals surface area contributed by atoms with Crippen LogP contribution in [-0.4, -0.2) is 22.6 Å². The lowest BCUT2D eigenvalue weighted by atomic mass is 10.1. The second-order valence-corrected chi connectivity index (χ2v) is 4.52. The minimum Gasteiger partial charge on any atom is -0.478 e. The van der Waals surface area contributed by atoms with E-state index >= 15 is 0 Å². The van der Waals surface area contributed by atoms with Gasteiger partial charge in [0, 0.05) is 12.8 Å². The molecule has 17 heavy (non-hydrogen) atoms. The number of aryl methyl sites for hydroxylation is 1. The molecule has 1 aromatic carbocycles. The number of nitrogens with one attached hydrogen (secondary N) is 1. The van der Waals surface area contributed by atoms with Gasteiger partial charge in [-0.25, -0.2) is 4.79 Å². The van der Waals surface area contributed by atoms with Gasteiger partial charge in [-0.15, -0.1) is 0 Å². The zero-order chi connectivity index (χ0) is 12.2. The third-order valence-corrected chi connectivity index (χ3v) is 3.23. The van der Waals surface area contributed by atoms with E-state index in [1.165, 1.54) is 6.07 Å². The fourth-order valence-electron chi connectivity index (χ4n) is 2.03. The molecule has 3 rings (SSSR count). The highest BCUT2D eigenvalue weighted by atomic mass is 16.5. The minimum atomic E-state index is -1.01. The molecule has 1 aliphatic carbocycles. The largest absolute Gasteiger partial charge is 0.478 e. The van der Waals surface area contributed by atoms with Crippen LogP contribution in [-0.2, 0) is 4.79 Å². The Morgan fingerprint density at radius 3 is 2.76 bits per heavy atom. The van der Waals surface area contributed by atoms with Gasteiger partial charge in [-0.1, -0.05) is 0 Å². The number of aromatic carboxylic acids is 1. The second kappa shape index (κ2) is 3.00. The molecule has 0 saturated heterocycles. The molecule has 0 aromatic heterocycles. The second-order valence-electron chi connectivity index (χ2n) is 4.52. The zero-order valence-corrected chi connectivity index (χ0v) is 9.24. The van der Waals surface area contributed by atoms with Crippen molar-refractivity contribution in [1.82, 2.24) is 0 Å². The molecule has 1 amide bonds. The van der Waals surface area contributed by atoms with Gasteiger partial charge in [0.2, 0.25) is 0 Å². The standard InChI is InChI=1S/C12H11NO4/c1-6-4-9-8(5-7(6)10(14)15)13-11(16)12(17-9)2-3-12/h4-5H,2-3H2,1H3,(H,13,16)(H,14,15). The van der Waals surface area contributed by atoms with E-state index in [2.05, 4.69) is 5.32 Å². The van der Waals surface area contributed by atoms with Gasteiger partial charge in [0.25, 0.3) is 5.91 Å². The Hall–Kier alpha value is -2.04. The number of fused-ring (bicyclic) bond motifs is 1. The number of carbonyl (C=O) groups is 2. The summed E-state index contributed by atoms with van der Waals surface area (Å²) in [7, 11) is 0. The van der Waals surface area contributed by atoms with Crippen LogP contribution in [0.3, 0.4) is 0 Å². The van der Waals surface area contributed by atoms with E-state index < -0.39 is 11.6 Å². The summed E-state index contributed by atoms with van der Waals surface area (Å²) in [5.74, 6) is -0.624. The molecule has 0 unspecified atom stereocenters. The van der Waals surface area contributed by atoms with E-state index in [0.717, 1.165) is 12.8 Å². The Labute approximate surface area is 97.4 Å². The lowest BCUT2D eigenvalue weighted by Gasteiger charge is -2.26. The first-order valence-corrected chi connectivity index (χ1v) is 5.40. The van der Waals surface area contributed by atoms with E-state index in [9.17, 15) is 9.59 Å². The Morgan fingerprint density at radius 1 is 1.47 bits per heavy atom. The number of ether oxygens (including phenoxy) is 1. The van der Waals surface area contributed by atoms with Gasteiger partial charge in [0.1, 0.15) is 5.75 Å². The summed E-state index contributed by atoms with van der Waals surface area (Å²) in [6.07, 6.45) is 1.44. The van der Waals surface area contributed by atoms with E-state index in [4.69, 9.17) is 9.84 Å². The Morgan fingerprint density at radius 2 is 2.18 bits per heavy atom. The van der Waals surface area contributed by atoms with Crippen LogP contribution in [0, 0.1) is 6.92 Å². The molecule has 0 atom stereocenters. The number of rotatable bonds is 1. The number of benzene rings is 1. The van der Waals surface area contributed by atoms with Crippen molar-refractivity contribution in [2.45, 2.75) is 25.4 Å². The van der Waals surface area contributed by atoms with Crippen molar-refractivity contribution in [2.75, 3.05) is 5.32 Å². The van der Waals surface area contributed by atoms with Gasteiger partial charge in [0.15, 0.2) is 5.60 Å².